The molecule has 3 fully saturated rings. The Morgan fingerprint density at radius 2 is 1.69 bits per heavy atom. The summed E-state index contributed by atoms with van der Waals surface area (Å²) in [5.41, 5.74) is 13.3. The van der Waals surface area contributed by atoms with E-state index in [0.717, 1.165) is 89.0 Å². The first kappa shape index (κ1) is 62.1. The van der Waals surface area contributed by atoms with E-state index in [0.29, 0.717) is 73.0 Å². The molecule has 13 nitrogen and oxygen atoms in total. The molecule has 12 rings (SSSR count). The van der Waals surface area contributed by atoms with Crippen molar-refractivity contribution < 1.29 is 24.3 Å². The molecule has 2 saturated carbocycles. The van der Waals surface area contributed by atoms with Crippen molar-refractivity contribution in [2.24, 2.45) is 28.2 Å². The number of aliphatic imine (C=N–C) groups is 1. The highest BCUT2D eigenvalue weighted by Crippen LogP contribution is 2.66. The first-order valence-electron chi connectivity index (χ1n) is 30.9. The van der Waals surface area contributed by atoms with Crippen LogP contribution in [0.15, 0.2) is 107 Å². The lowest BCUT2D eigenvalue weighted by Gasteiger charge is -2.53. The molecule has 0 radical (unpaired) electrons. The highest BCUT2D eigenvalue weighted by atomic mass is 35.5. The number of thiophene rings is 1. The molecule has 0 bridgehead atoms. The average molecular weight is 1200 g/mol. The van der Waals surface area contributed by atoms with Crippen molar-refractivity contribution in [2.75, 3.05) is 17.3 Å². The molecule has 2 unspecified atom stereocenters. The Bertz CT molecular complexity index is 3650. The van der Waals surface area contributed by atoms with Crippen LogP contribution in [0.3, 0.4) is 0 Å². The summed E-state index contributed by atoms with van der Waals surface area (Å²) in [6.45, 7) is 27.3. The molecule has 86 heavy (non-hydrogen) atoms. The van der Waals surface area contributed by atoms with Gasteiger partial charge in [0, 0.05) is 105 Å². The third-order valence-electron chi connectivity index (χ3n) is 19.2. The summed E-state index contributed by atoms with van der Waals surface area (Å²) in [4.78, 5) is 60.1. The molecule has 3 aliphatic heterocycles. The second kappa shape index (κ2) is 25.1. The minimum atomic E-state index is -0.919. The number of allylic oxidation sites excluding steroid dienone is 5. The Morgan fingerprint density at radius 3 is 2.36 bits per heavy atom. The number of benzene rings is 3. The molecular formula is C71H85ClN8O5S. The van der Waals surface area contributed by atoms with Crippen molar-refractivity contribution in [1.29, 1.82) is 0 Å². The van der Waals surface area contributed by atoms with Crippen LogP contribution in [0.25, 0.3) is 5.00 Å². The number of piperidine rings is 1. The number of halogens is 1. The van der Waals surface area contributed by atoms with Crippen molar-refractivity contribution in [3.05, 3.63) is 157 Å². The molecule has 2 aromatic heterocycles. The maximum absolute atomic E-state index is 12.7. The summed E-state index contributed by atoms with van der Waals surface area (Å²) in [7, 11) is 2.14. The Balaban J connectivity index is 0.000000146. The fraction of sp³-hybridized carbons (Fsp3) is 0.479. The first-order chi connectivity index (χ1) is 40.9. The highest BCUT2D eigenvalue weighted by Gasteiger charge is 2.62. The SMILES string of the molecule is C=C1CCC(N2Cc3c(NC(C)C)cccc3C2=O)C(=O)N1.CC#C[C@]1(O)CC[C@H]2[C@@H]3CCC4=CC(=O)CCC4=C3[C@@H](c3ccc(N(C)C(C)C)cc3)C[C@@]21C.Cc1sc2c(c1C)C(c1ccc(Cl)cc1)=NC(CC(=O)CC(C)C)c1nnc(C)n1-2. The van der Waals surface area contributed by atoms with E-state index in [1.54, 1.807) is 21.8 Å². The van der Waals surface area contributed by atoms with E-state index in [-0.39, 0.29) is 46.8 Å². The molecule has 452 valence electrons. The number of aryl methyl sites for hydroxylation is 2. The Morgan fingerprint density at radius 1 is 0.953 bits per heavy atom. The number of nitrogens with one attached hydrogen (secondary N) is 2. The van der Waals surface area contributed by atoms with Crippen LogP contribution in [0.1, 0.15) is 193 Å². The van der Waals surface area contributed by atoms with Crippen LogP contribution >= 0.6 is 22.9 Å². The number of aromatic nitrogens is 3. The molecule has 3 N–H and O–H groups in total. The topological polar surface area (TPSA) is 162 Å². The number of anilines is 2. The van der Waals surface area contributed by atoms with E-state index in [2.05, 4.69) is 142 Å². The quantitative estimate of drug-likeness (QED) is 0.109. The van der Waals surface area contributed by atoms with E-state index in [9.17, 15) is 24.3 Å². The van der Waals surface area contributed by atoms with E-state index >= 15 is 0 Å². The number of rotatable bonds is 11. The number of hydrogen-bond acceptors (Lipinski definition) is 11. The summed E-state index contributed by atoms with van der Waals surface area (Å²) >= 11 is 7.85. The van der Waals surface area contributed by atoms with Crippen LogP contribution < -0.4 is 15.5 Å². The van der Waals surface area contributed by atoms with Gasteiger partial charge >= 0.3 is 0 Å². The predicted octanol–water partition coefficient (Wildman–Crippen LogP) is 14.2. The zero-order valence-corrected chi connectivity index (χ0v) is 53.9. The van der Waals surface area contributed by atoms with Crippen LogP contribution in [0.2, 0.25) is 5.02 Å². The van der Waals surface area contributed by atoms with Crippen LogP contribution in [0.4, 0.5) is 11.4 Å². The van der Waals surface area contributed by atoms with Gasteiger partial charge in [0.05, 0.1) is 5.71 Å². The molecule has 2 amide bonds. The van der Waals surface area contributed by atoms with Gasteiger partial charge in [-0.25, -0.2) is 0 Å². The molecule has 0 spiro atoms. The van der Waals surface area contributed by atoms with Gasteiger partial charge in [0.25, 0.3) is 5.91 Å². The van der Waals surface area contributed by atoms with Crippen molar-refractivity contribution >= 4 is 63.4 Å². The summed E-state index contributed by atoms with van der Waals surface area (Å²) in [6.07, 6.45) is 10.4. The van der Waals surface area contributed by atoms with Gasteiger partial charge in [0.2, 0.25) is 5.91 Å². The second-order valence-corrected chi connectivity index (χ2v) is 27.7. The fourth-order valence-corrected chi connectivity index (χ4v) is 16.0. The molecule has 4 aliphatic carbocycles. The lowest BCUT2D eigenvalue weighted by molar-refractivity contribution is -0.126. The number of fused-ring (bicyclic) bond motifs is 8. The maximum Gasteiger partial charge on any atom is 0.255 e. The normalized spacial score (nSPS) is 24.5. The zero-order chi connectivity index (χ0) is 61.7. The molecule has 7 aliphatic rings. The summed E-state index contributed by atoms with van der Waals surface area (Å²) < 4.78 is 2.08. The van der Waals surface area contributed by atoms with Crippen LogP contribution in [0.5, 0.6) is 0 Å². The second-order valence-electron chi connectivity index (χ2n) is 26.0. The van der Waals surface area contributed by atoms with Gasteiger partial charge in [-0.05, 0) is 189 Å². The number of nitrogens with zero attached hydrogens (tertiary/aromatic N) is 6. The third-order valence-corrected chi connectivity index (χ3v) is 20.7. The summed E-state index contributed by atoms with van der Waals surface area (Å²) in [5.74, 6) is 9.62. The van der Waals surface area contributed by atoms with Crippen LogP contribution in [-0.4, -0.2) is 84.6 Å². The van der Waals surface area contributed by atoms with Crippen LogP contribution in [-0.2, 0) is 20.9 Å². The minimum absolute atomic E-state index is 0.0601. The van der Waals surface area contributed by atoms with Gasteiger partial charge in [-0.2, -0.15) is 0 Å². The number of amides is 2. The number of ketones is 2. The third kappa shape index (κ3) is 12.0. The van der Waals surface area contributed by atoms with Crippen molar-refractivity contribution in [3.63, 3.8) is 0 Å². The van der Waals surface area contributed by atoms with E-state index < -0.39 is 11.6 Å². The van der Waals surface area contributed by atoms with Gasteiger partial charge in [0.1, 0.15) is 34.3 Å². The Kier molecular flexibility index (Phi) is 18.1. The van der Waals surface area contributed by atoms with Crippen molar-refractivity contribution in [2.45, 2.75) is 189 Å². The van der Waals surface area contributed by atoms with Crippen molar-refractivity contribution in [1.82, 2.24) is 25.0 Å². The minimum Gasteiger partial charge on any atom is -0.383 e. The number of carbonyl (C=O) groups excluding carboxylic acids is 4. The molecule has 7 atom stereocenters. The highest BCUT2D eigenvalue weighted by molar-refractivity contribution is 7.15. The number of Topliss-reactive ketones (excluding diaryl/α,β-unsaturated/α-hetero) is 1. The van der Waals surface area contributed by atoms with Crippen molar-refractivity contribution in [3.8, 4) is 16.8 Å². The predicted molar refractivity (Wildman–Crippen MR) is 346 cm³/mol. The monoisotopic (exact) mass is 1200 g/mol. The molecule has 5 heterocycles. The summed E-state index contributed by atoms with van der Waals surface area (Å²) in [5, 5.41) is 28.4. The molecule has 1 saturated heterocycles. The van der Waals surface area contributed by atoms with E-state index in [1.165, 1.54) is 32.8 Å². The molecule has 5 aromatic rings. The van der Waals surface area contributed by atoms with E-state index in [4.69, 9.17) is 16.6 Å². The van der Waals surface area contributed by atoms with E-state index in [1.807, 2.05) is 62.4 Å². The Hall–Kier alpha value is -6.92. The molecule has 15 heteroatoms. The molecular weight excluding hydrogens is 1110 g/mol. The standard InChI is InChI=1S/C31H39NO2.C23H25ClN4OS.C17H21N3O2/c1-6-16-31(34)17-15-28-26-13-9-22-18-24(33)12-14-25(22)29(26)27(19-30(28,31)4)21-7-10-23(11-8-21)32(5)20(2)3;1-12(2)10-18(29)11-19-22-27-26-15(5)28(22)23-20(13(3)14(4)30-23)21(25-19)16-6-8-17(24)9-7-16;1-10(2)18-14-6-4-5-12-13(14)9-20(17(12)22)15-8-7-11(3)19-16(15)21/h7-8,10-11,18,20,26-28,34H,9,12-15,17,19H2,1-5H3;6-9,12,19H,10-11H2,1-5H3;4-6,10,15,18H,3,7-9H2,1-2H3,(H,19,21)/t26-,27+,28-,30-,31-;;/m0../s1. The van der Waals surface area contributed by atoms with Gasteiger partial charge in [-0.15, -0.1) is 27.5 Å². The Labute approximate surface area is 517 Å². The first-order valence-corrected chi connectivity index (χ1v) is 32.1. The maximum atomic E-state index is 12.7. The smallest absolute Gasteiger partial charge is 0.255 e. The van der Waals surface area contributed by atoms with Gasteiger partial charge in [0.15, 0.2) is 11.6 Å². The zero-order valence-electron chi connectivity index (χ0n) is 52.3. The summed E-state index contributed by atoms with van der Waals surface area (Å²) in [6, 6.07) is 22.5. The van der Waals surface area contributed by atoms with Gasteiger partial charge in [-0.1, -0.05) is 80.8 Å². The van der Waals surface area contributed by atoms with Crippen LogP contribution in [0, 0.1) is 55.8 Å². The largest absolute Gasteiger partial charge is 0.383 e. The lowest BCUT2D eigenvalue weighted by atomic mass is 9.51. The van der Waals surface area contributed by atoms with Gasteiger partial charge < -0.3 is 25.5 Å². The average Bonchev–Trinajstić information content (AvgIpc) is 1.43. The van der Waals surface area contributed by atoms with Gasteiger partial charge in [-0.3, -0.25) is 28.7 Å². The molecule has 3 aromatic carbocycles. The fourth-order valence-electron chi connectivity index (χ4n) is 14.6. The number of hydrogen-bond donors (Lipinski definition) is 3. The number of aliphatic hydroxyl groups is 1. The lowest BCUT2D eigenvalue weighted by Crippen LogP contribution is -2.51. The number of carbonyl (C=O) groups is 4.